The lowest BCUT2D eigenvalue weighted by Crippen LogP contribution is -2.27. The second kappa shape index (κ2) is 5.14. The lowest BCUT2D eigenvalue weighted by atomic mass is 10.1. The second-order valence-electron chi connectivity index (χ2n) is 4.01. The number of nitrogens with one attached hydrogen (secondary N) is 1. The van der Waals surface area contributed by atoms with Crippen molar-refractivity contribution in [1.29, 1.82) is 0 Å². The van der Waals surface area contributed by atoms with Crippen molar-refractivity contribution in [2.24, 2.45) is 4.99 Å². The highest BCUT2D eigenvalue weighted by Gasteiger charge is 2.20. The number of aliphatic imine (C=N–C) groups is 1. The third-order valence-electron chi connectivity index (χ3n) is 2.78. The van der Waals surface area contributed by atoms with E-state index < -0.39 is 0 Å². The van der Waals surface area contributed by atoms with Crippen molar-refractivity contribution in [2.45, 2.75) is 37.8 Å². The Hall–Kier alpha value is -0.0600. The highest BCUT2D eigenvalue weighted by atomic mass is 32.2. The van der Waals surface area contributed by atoms with Gasteiger partial charge in [-0.3, -0.25) is 4.99 Å². The number of nitrogens with zero attached hydrogens (tertiary/aromatic N) is 1. The van der Waals surface area contributed by atoms with Gasteiger partial charge in [-0.05, 0) is 25.8 Å². The van der Waals surface area contributed by atoms with Gasteiger partial charge in [0.05, 0.1) is 11.1 Å². The predicted molar refractivity (Wildman–Crippen MR) is 61.0 cm³/mol. The molecule has 0 aliphatic carbocycles. The van der Waals surface area contributed by atoms with Gasteiger partial charge >= 0.3 is 0 Å². The van der Waals surface area contributed by atoms with E-state index in [1.54, 1.807) is 11.8 Å². The molecule has 0 bridgehead atoms. The summed E-state index contributed by atoms with van der Waals surface area (Å²) in [6.45, 7) is 2.06. The maximum atomic E-state index is 9.84. The van der Waals surface area contributed by atoms with Gasteiger partial charge in [0.1, 0.15) is 0 Å². The molecule has 1 saturated heterocycles. The Bertz CT molecular complexity index is 214. The van der Waals surface area contributed by atoms with E-state index in [-0.39, 0.29) is 6.10 Å². The van der Waals surface area contributed by atoms with E-state index in [1.807, 2.05) is 0 Å². The molecule has 0 aromatic carbocycles. The standard InChI is InChI=1S/C10H18N2OS/c13-9(6-8-2-1-3-11-8)7-10-12-4-5-14-10/h8-9,11,13H,1-7H2. The van der Waals surface area contributed by atoms with Crippen LogP contribution >= 0.6 is 11.8 Å². The lowest BCUT2D eigenvalue weighted by molar-refractivity contribution is 0.160. The lowest BCUT2D eigenvalue weighted by Gasteiger charge is -2.15. The van der Waals surface area contributed by atoms with E-state index >= 15 is 0 Å². The first-order chi connectivity index (χ1) is 6.84. The molecule has 2 heterocycles. The van der Waals surface area contributed by atoms with Crippen LogP contribution in [-0.4, -0.2) is 41.1 Å². The summed E-state index contributed by atoms with van der Waals surface area (Å²) in [5, 5.41) is 14.4. The Morgan fingerprint density at radius 2 is 2.57 bits per heavy atom. The van der Waals surface area contributed by atoms with Crippen molar-refractivity contribution in [1.82, 2.24) is 5.32 Å². The molecule has 0 aromatic rings. The van der Waals surface area contributed by atoms with Crippen molar-refractivity contribution in [3.8, 4) is 0 Å². The van der Waals surface area contributed by atoms with Crippen molar-refractivity contribution >= 4 is 16.8 Å². The molecule has 0 radical (unpaired) electrons. The molecule has 3 nitrogen and oxygen atoms in total. The van der Waals surface area contributed by atoms with Gasteiger partial charge < -0.3 is 10.4 Å². The van der Waals surface area contributed by atoms with Gasteiger partial charge in [-0.2, -0.15) is 0 Å². The first-order valence-electron chi connectivity index (χ1n) is 5.42. The average Bonchev–Trinajstić information content (AvgIpc) is 2.76. The van der Waals surface area contributed by atoms with Gasteiger partial charge in [0.2, 0.25) is 0 Å². The number of thioether (sulfide) groups is 1. The fourth-order valence-corrected chi connectivity index (χ4v) is 2.99. The topological polar surface area (TPSA) is 44.6 Å². The van der Waals surface area contributed by atoms with Crippen LogP contribution in [0, 0.1) is 0 Å². The monoisotopic (exact) mass is 214 g/mol. The zero-order chi connectivity index (χ0) is 9.80. The molecule has 0 amide bonds. The van der Waals surface area contributed by atoms with Crippen LogP contribution < -0.4 is 5.32 Å². The van der Waals surface area contributed by atoms with Gasteiger partial charge in [-0.1, -0.05) is 0 Å². The fourth-order valence-electron chi connectivity index (χ4n) is 2.07. The van der Waals surface area contributed by atoms with Gasteiger partial charge in [0.25, 0.3) is 0 Å². The zero-order valence-electron chi connectivity index (χ0n) is 8.41. The van der Waals surface area contributed by atoms with Crippen molar-refractivity contribution < 1.29 is 5.11 Å². The molecule has 2 aliphatic rings. The Balaban J connectivity index is 1.69. The van der Waals surface area contributed by atoms with Crippen LogP contribution in [0.25, 0.3) is 0 Å². The van der Waals surface area contributed by atoms with Gasteiger partial charge in [0.15, 0.2) is 0 Å². The van der Waals surface area contributed by atoms with E-state index in [2.05, 4.69) is 10.3 Å². The van der Waals surface area contributed by atoms with Crippen LogP contribution in [0.1, 0.15) is 25.7 Å². The van der Waals surface area contributed by atoms with E-state index in [4.69, 9.17) is 0 Å². The molecular formula is C10H18N2OS. The zero-order valence-corrected chi connectivity index (χ0v) is 9.22. The quantitative estimate of drug-likeness (QED) is 0.734. The number of aliphatic hydroxyl groups excluding tert-OH is 1. The van der Waals surface area contributed by atoms with Crippen LogP contribution in [0.4, 0.5) is 0 Å². The normalized spacial score (nSPS) is 29.2. The van der Waals surface area contributed by atoms with E-state index in [0.29, 0.717) is 6.04 Å². The molecule has 80 valence electrons. The summed E-state index contributed by atoms with van der Waals surface area (Å²) in [5.74, 6) is 1.10. The van der Waals surface area contributed by atoms with Gasteiger partial charge in [-0.25, -0.2) is 0 Å². The maximum Gasteiger partial charge on any atom is 0.0702 e. The minimum Gasteiger partial charge on any atom is -0.393 e. The number of hydrogen-bond donors (Lipinski definition) is 2. The summed E-state index contributed by atoms with van der Waals surface area (Å²) in [6.07, 6.45) is 3.93. The number of hydrogen-bond acceptors (Lipinski definition) is 4. The summed E-state index contributed by atoms with van der Waals surface area (Å²) < 4.78 is 0. The Morgan fingerprint density at radius 3 is 3.21 bits per heavy atom. The van der Waals surface area contributed by atoms with Crippen molar-refractivity contribution in [3.63, 3.8) is 0 Å². The van der Waals surface area contributed by atoms with Gasteiger partial charge in [0, 0.05) is 24.8 Å². The molecule has 2 N–H and O–H groups in total. The average molecular weight is 214 g/mol. The van der Waals surface area contributed by atoms with Crippen LogP contribution in [0.15, 0.2) is 4.99 Å². The first kappa shape index (κ1) is 10.5. The smallest absolute Gasteiger partial charge is 0.0702 e. The molecule has 0 aromatic heterocycles. The maximum absolute atomic E-state index is 9.84. The Morgan fingerprint density at radius 1 is 1.64 bits per heavy atom. The van der Waals surface area contributed by atoms with E-state index in [1.165, 1.54) is 12.8 Å². The third kappa shape index (κ3) is 2.97. The van der Waals surface area contributed by atoms with Crippen LogP contribution in [0.2, 0.25) is 0 Å². The molecular weight excluding hydrogens is 196 g/mol. The molecule has 0 saturated carbocycles. The summed E-state index contributed by atoms with van der Waals surface area (Å²) in [6, 6.07) is 0.539. The minimum absolute atomic E-state index is 0.199. The summed E-state index contributed by atoms with van der Waals surface area (Å²) >= 11 is 1.80. The largest absolute Gasteiger partial charge is 0.393 e. The molecule has 4 heteroatoms. The second-order valence-corrected chi connectivity index (χ2v) is 5.18. The van der Waals surface area contributed by atoms with E-state index in [9.17, 15) is 5.11 Å². The molecule has 2 rings (SSSR count). The van der Waals surface area contributed by atoms with Crippen LogP contribution in [0.5, 0.6) is 0 Å². The SMILES string of the molecule is OC(CC1=NCCS1)CC1CCCN1. The predicted octanol–water partition coefficient (Wildman–Crippen LogP) is 1.02. The Kier molecular flexibility index (Phi) is 3.84. The number of rotatable bonds is 4. The van der Waals surface area contributed by atoms with Gasteiger partial charge in [-0.15, -0.1) is 11.8 Å². The fraction of sp³-hybridized carbons (Fsp3) is 0.900. The Labute approximate surface area is 89.4 Å². The number of aliphatic hydroxyl groups is 1. The molecule has 2 unspecified atom stereocenters. The van der Waals surface area contributed by atoms with Crippen molar-refractivity contribution in [3.05, 3.63) is 0 Å². The van der Waals surface area contributed by atoms with E-state index in [0.717, 1.165) is 36.7 Å². The third-order valence-corrected chi connectivity index (χ3v) is 3.79. The first-order valence-corrected chi connectivity index (χ1v) is 6.41. The molecule has 2 atom stereocenters. The summed E-state index contributed by atoms with van der Waals surface area (Å²) in [5.41, 5.74) is 0. The van der Waals surface area contributed by atoms with Crippen LogP contribution in [-0.2, 0) is 0 Å². The molecule has 0 spiro atoms. The summed E-state index contributed by atoms with van der Waals surface area (Å²) in [7, 11) is 0. The molecule has 14 heavy (non-hydrogen) atoms. The highest BCUT2D eigenvalue weighted by Crippen LogP contribution is 2.19. The van der Waals surface area contributed by atoms with Crippen molar-refractivity contribution in [2.75, 3.05) is 18.8 Å². The molecule has 2 aliphatic heterocycles. The molecule has 1 fully saturated rings. The summed E-state index contributed by atoms with van der Waals surface area (Å²) in [4.78, 5) is 4.35. The minimum atomic E-state index is -0.199. The highest BCUT2D eigenvalue weighted by molar-refractivity contribution is 8.14. The van der Waals surface area contributed by atoms with Crippen LogP contribution in [0.3, 0.4) is 0 Å².